The van der Waals surface area contributed by atoms with Crippen molar-refractivity contribution in [1.29, 1.82) is 0 Å². The summed E-state index contributed by atoms with van der Waals surface area (Å²) in [6, 6.07) is 9.99. The third-order valence-electron chi connectivity index (χ3n) is 4.73. The van der Waals surface area contributed by atoms with Crippen LogP contribution in [-0.2, 0) is 10.0 Å². The summed E-state index contributed by atoms with van der Waals surface area (Å²) in [4.78, 5) is 14.2. The van der Waals surface area contributed by atoms with Gasteiger partial charge in [-0.05, 0) is 56.2 Å². The summed E-state index contributed by atoms with van der Waals surface area (Å²) in [6.45, 7) is 2.96. The number of hydrogen-bond donors (Lipinski definition) is 1. The standard InChI is InChI=1S/C20H22ClFN2O4S/c1-2-28-15-6-8-16(9-7-15)29(26,27)23-14-10-12-24(13-11-14)20(25)19-17(21)4-3-5-18(19)22/h3-9,14,23H,2,10-13H2,1H3. The van der Waals surface area contributed by atoms with Crippen LogP contribution in [0.15, 0.2) is 47.4 Å². The monoisotopic (exact) mass is 440 g/mol. The van der Waals surface area contributed by atoms with Crippen molar-refractivity contribution in [2.24, 2.45) is 0 Å². The van der Waals surface area contributed by atoms with Gasteiger partial charge in [0.2, 0.25) is 10.0 Å². The average Bonchev–Trinajstić information content (AvgIpc) is 2.69. The molecule has 1 amide bonds. The van der Waals surface area contributed by atoms with Crippen molar-refractivity contribution in [3.05, 3.63) is 58.9 Å². The molecule has 9 heteroatoms. The first-order chi connectivity index (χ1) is 13.8. The van der Waals surface area contributed by atoms with Crippen LogP contribution in [0.3, 0.4) is 0 Å². The molecular formula is C20H22ClFN2O4S. The van der Waals surface area contributed by atoms with E-state index in [4.69, 9.17) is 16.3 Å². The predicted molar refractivity (Wildman–Crippen MR) is 108 cm³/mol. The number of amides is 1. The van der Waals surface area contributed by atoms with Crippen molar-refractivity contribution in [2.75, 3.05) is 19.7 Å². The van der Waals surface area contributed by atoms with Gasteiger partial charge in [-0.2, -0.15) is 0 Å². The van der Waals surface area contributed by atoms with E-state index in [0.29, 0.717) is 38.3 Å². The molecule has 0 bridgehead atoms. The Hall–Kier alpha value is -2.16. The smallest absolute Gasteiger partial charge is 0.258 e. The van der Waals surface area contributed by atoms with Crippen LogP contribution in [0, 0.1) is 5.82 Å². The lowest BCUT2D eigenvalue weighted by Gasteiger charge is -2.32. The number of nitrogens with zero attached hydrogens (tertiary/aromatic N) is 1. The van der Waals surface area contributed by atoms with E-state index in [1.54, 1.807) is 12.1 Å². The average molecular weight is 441 g/mol. The minimum absolute atomic E-state index is 0.0633. The molecule has 3 rings (SSSR count). The second kappa shape index (κ2) is 9.11. The molecule has 1 aliphatic rings. The van der Waals surface area contributed by atoms with E-state index in [0.717, 1.165) is 0 Å². The van der Waals surface area contributed by atoms with Gasteiger partial charge in [0.25, 0.3) is 5.91 Å². The number of piperidine rings is 1. The Morgan fingerprint density at radius 1 is 1.21 bits per heavy atom. The maximum Gasteiger partial charge on any atom is 0.258 e. The van der Waals surface area contributed by atoms with Gasteiger partial charge in [0.1, 0.15) is 11.6 Å². The number of nitrogens with one attached hydrogen (secondary N) is 1. The molecule has 0 atom stereocenters. The number of hydrogen-bond acceptors (Lipinski definition) is 4. The molecule has 0 spiro atoms. The van der Waals surface area contributed by atoms with Gasteiger partial charge in [0, 0.05) is 19.1 Å². The molecule has 1 saturated heterocycles. The van der Waals surface area contributed by atoms with Gasteiger partial charge in [0.15, 0.2) is 0 Å². The molecule has 1 heterocycles. The minimum Gasteiger partial charge on any atom is -0.494 e. The molecule has 6 nitrogen and oxygen atoms in total. The molecular weight excluding hydrogens is 419 g/mol. The maximum atomic E-state index is 14.0. The van der Waals surface area contributed by atoms with E-state index in [9.17, 15) is 17.6 Å². The second-order valence-electron chi connectivity index (χ2n) is 6.69. The molecule has 2 aromatic rings. The van der Waals surface area contributed by atoms with Crippen molar-refractivity contribution in [3.8, 4) is 5.75 Å². The lowest BCUT2D eigenvalue weighted by atomic mass is 10.0. The molecule has 0 unspecified atom stereocenters. The van der Waals surface area contributed by atoms with E-state index in [2.05, 4.69) is 4.72 Å². The Morgan fingerprint density at radius 3 is 2.45 bits per heavy atom. The SMILES string of the molecule is CCOc1ccc(S(=O)(=O)NC2CCN(C(=O)c3c(F)cccc3Cl)CC2)cc1. The van der Waals surface area contributed by atoms with Gasteiger partial charge in [-0.15, -0.1) is 0 Å². The highest BCUT2D eigenvalue weighted by Gasteiger charge is 2.29. The van der Waals surface area contributed by atoms with Gasteiger partial charge in [0.05, 0.1) is 22.1 Å². The Labute approximate surface area is 174 Å². The zero-order valence-electron chi connectivity index (χ0n) is 15.9. The highest BCUT2D eigenvalue weighted by Crippen LogP contribution is 2.23. The largest absolute Gasteiger partial charge is 0.494 e. The van der Waals surface area contributed by atoms with Crippen molar-refractivity contribution in [1.82, 2.24) is 9.62 Å². The topological polar surface area (TPSA) is 75.7 Å². The van der Waals surface area contributed by atoms with Gasteiger partial charge in [-0.25, -0.2) is 17.5 Å². The quantitative estimate of drug-likeness (QED) is 0.746. The normalized spacial score (nSPS) is 15.3. The van der Waals surface area contributed by atoms with Crippen LogP contribution in [0.25, 0.3) is 0 Å². The number of sulfonamides is 1. The molecule has 0 aromatic heterocycles. The Morgan fingerprint density at radius 2 is 1.86 bits per heavy atom. The fourth-order valence-corrected chi connectivity index (χ4v) is 4.78. The van der Waals surface area contributed by atoms with E-state index in [1.807, 2.05) is 6.92 Å². The van der Waals surface area contributed by atoms with Gasteiger partial charge in [-0.1, -0.05) is 17.7 Å². The molecule has 0 saturated carbocycles. The second-order valence-corrected chi connectivity index (χ2v) is 8.81. The van der Waals surface area contributed by atoms with E-state index >= 15 is 0 Å². The molecule has 0 radical (unpaired) electrons. The molecule has 2 aromatic carbocycles. The lowest BCUT2D eigenvalue weighted by molar-refractivity contribution is 0.0707. The third-order valence-corrected chi connectivity index (χ3v) is 6.58. The van der Waals surface area contributed by atoms with Crippen LogP contribution in [0.1, 0.15) is 30.1 Å². The maximum absolute atomic E-state index is 14.0. The summed E-state index contributed by atoms with van der Waals surface area (Å²) in [5.74, 6) is -0.549. The zero-order valence-corrected chi connectivity index (χ0v) is 17.5. The summed E-state index contributed by atoms with van der Waals surface area (Å²) in [7, 11) is -3.69. The summed E-state index contributed by atoms with van der Waals surface area (Å²) in [5.41, 5.74) is -0.150. The molecule has 156 valence electrons. The zero-order chi connectivity index (χ0) is 21.0. The number of ether oxygens (including phenoxy) is 1. The Balaban J connectivity index is 1.61. The van der Waals surface area contributed by atoms with Crippen LogP contribution in [0.4, 0.5) is 4.39 Å². The van der Waals surface area contributed by atoms with E-state index in [-0.39, 0.29) is 21.5 Å². The summed E-state index contributed by atoms with van der Waals surface area (Å²) >= 11 is 5.97. The number of likely N-dealkylation sites (tertiary alicyclic amines) is 1. The van der Waals surface area contributed by atoms with Crippen molar-refractivity contribution < 1.29 is 22.3 Å². The molecule has 1 N–H and O–H groups in total. The van der Waals surface area contributed by atoms with Gasteiger partial charge in [-0.3, -0.25) is 4.79 Å². The molecule has 0 aliphatic carbocycles. The van der Waals surface area contributed by atoms with Crippen LogP contribution in [0.5, 0.6) is 5.75 Å². The Kier molecular flexibility index (Phi) is 6.77. The summed E-state index contributed by atoms with van der Waals surface area (Å²) < 4.78 is 47.2. The number of halogens is 2. The van der Waals surface area contributed by atoms with Crippen LogP contribution in [0.2, 0.25) is 5.02 Å². The van der Waals surface area contributed by atoms with Crippen LogP contribution >= 0.6 is 11.6 Å². The highest BCUT2D eigenvalue weighted by molar-refractivity contribution is 7.89. The van der Waals surface area contributed by atoms with E-state index < -0.39 is 21.7 Å². The summed E-state index contributed by atoms with van der Waals surface area (Å²) in [6.07, 6.45) is 0.849. The first-order valence-corrected chi connectivity index (χ1v) is 11.2. The fourth-order valence-electron chi connectivity index (χ4n) is 3.23. The number of rotatable bonds is 6. The number of carbonyl (C=O) groups excluding carboxylic acids is 1. The predicted octanol–water partition coefficient (Wildman–Crippen LogP) is 3.46. The minimum atomic E-state index is -3.69. The molecule has 1 aliphatic heterocycles. The number of benzene rings is 2. The van der Waals surface area contributed by atoms with Crippen LogP contribution in [-0.4, -0.2) is 45.0 Å². The van der Waals surface area contributed by atoms with Crippen LogP contribution < -0.4 is 9.46 Å². The molecule has 29 heavy (non-hydrogen) atoms. The first-order valence-electron chi connectivity index (χ1n) is 9.30. The lowest BCUT2D eigenvalue weighted by Crippen LogP contribution is -2.46. The highest BCUT2D eigenvalue weighted by atomic mass is 35.5. The van der Waals surface area contributed by atoms with Crippen molar-refractivity contribution in [2.45, 2.75) is 30.7 Å². The van der Waals surface area contributed by atoms with E-state index in [1.165, 1.54) is 35.2 Å². The summed E-state index contributed by atoms with van der Waals surface area (Å²) in [5, 5.41) is 0.0633. The van der Waals surface area contributed by atoms with Crippen molar-refractivity contribution >= 4 is 27.5 Å². The van der Waals surface area contributed by atoms with Gasteiger partial charge >= 0.3 is 0 Å². The number of carbonyl (C=O) groups is 1. The van der Waals surface area contributed by atoms with Crippen molar-refractivity contribution in [3.63, 3.8) is 0 Å². The first kappa shape index (κ1) is 21.5. The Bertz CT molecular complexity index is 954. The van der Waals surface area contributed by atoms with Gasteiger partial charge < -0.3 is 9.64 Å². The third kappa shape index (κ3) is 5.07. The molecule has 1 fully saturated rings. The fraction of sp³-hybridized carbons (Fsp3) is 0.350.